The van der Waals surface area contributed by atoms with Gasteiger partial charge in [0.25, 0.3) is 11.5 Å². The van der Waals surface area contributed by atoms with Crippen LogP contribution in [0.1, 0.15) is 27.8 Å². The van der Waals surface area contributed by atoms with Gasteiger partial charge in [0, 0.05) is 0 Å². The second kappa shape index (κ2) is 8.17. The topological polar surface area (TPSA) is 156 Å². The number of aromatic nitrogens is 2. The monoisotopic (exact) mass is 380 g/mol. The van der Waals surface area contributed by atoms with Gasteiger partial charge < -0.3 is 25.5 Å². The maximum absolute atomic E-state index is 13.8. The minimum Gasteiger partial charge on any atom is -0.490 e. The molecule has 0 unspecified atom stereocenters. The number of carbonyl (C=O) groups excluding carboxylic acids is 2. The van der Waals surface area contributed by atoms with E-state index in [0.717, 1.165) is 13.2 Å². The van der Waals surface area contributed by atoms with Gasteiger partial charge in [0.05, 0.1) is 13.2 Å². The molecular weight excluding hydrogens is 363 g/mol. The first-order valence-corrected chi connectivity index (χ1v) is 7.67. The van der Waals surface area contributed by atoms with E-state index in [2.05, 4.69) is 15.0 Å². The number of benzene rings is 1. The van der Waals surface area contributed by atoms with Crippen molar-refractivity contribution in [2.24, 2.45) is 0 Å². The van der Waals surface area contributed by atoms with Gasteiger partial charge in [0.15, 0.2) is 0 Å². The fourth-order valence-corrected chi connectivity index (χ4v) is 2.15. The number of rotatable bonds is 6. The summed E-state index contributed by atoms with van der Waals surface area (Å²) >= 11 is 0. The van der Waals surface area contributed by atoms with Gasteiger partial charge in [-0.2, -0.15) is 0 Å². The Kier molecular flexibility index (Phi) is 5.96. The highest BCUT2D eigenvalue weighted by atomic mass is 19.1. The van der Waals surface area contributed by atoms with Crippen LogP contribution in [0, 0.1) is 5.82 Å². The zero-order valence-electron chi connectivity index (χ0n) is 14.4. The number of nitrogen functional groups attached to an aromatic ring is 1. The van der Waals surface area contributed by atoms with E-state index >= 15 is 0 Å². The van der Waals surface area contributed by atoms with Gasteiger partial charge in [0.2, 0.25) is 0 Å². The molecule has 11 heteroatoms. The maximum Gasteiger partial charge on any atom is 0.344 e. The lowest BCUT2D eigenvalue weighted by atomic mass is 10.2. The third kappa shape index (κ3) is 4.51. The van der Waals surface area contributed by atoms with Gasteiger partial charge in [-0.25, -0.2) is 14.0 Å². The van der Waals surface area contributed by atoms with Crippen molar-refractivity contribution in [1.29, 1.82) is 0 Å². The minimum atomic E-state index is -0.909. The van der Waals surface area contributed by atoms with Gasteiger partial charge in [-0.3, -0.25) is 14.6 Å². The zero-order valence-corrected chi connectivity index (χ0v) is 14.4. The predicted molar refractivity (Wildman–Crippen MR) is 92.3 cm³/mol. The van der Waals surface area contributed by atoms with Crippen molar-refractivity contribution < 1.29 is 23.5 Å². The quantitative estimate of drug-likeness (QED) is 0.504. The molecule has 1 aromatic carbocycles. The molecule has 0 bridgehead atoms. The second-order valence-corrected chi connectivity index (χ2v) is 5.49. The molecule has 1 aromatic heterocycles. The Bertz CT molecular complexity index is 984. The number of aromatic amines is 2. The van der Waals surface area contributed by atoms with Gasteiger partial charge in [-0.1, -0.05) is 6.07 Å². The highest BCUT2D eigenvalue weighted by Crippen LogP contribution is 2.22. The summed E-state index contributed by atoms with van der Waals surface area (Å²) in [5.41, 5.74) is 2.49. The van der Waals surface area contributed by atoms with Crippen LogP contribution in [0.2, 0.25) is 0 Å². The molecule has 0 fully saturated rings. The molecule has 1 amide bonds. The van der Waals surface area contributed by atoms with Crippen molar-refractivity contribution in [2.45, 2.75) is 13.0 Å². The number of H-pyrrole nitrogens is 2. The number of amides is 1. The summed E-state index contributed by atoms with van der Waals surface area (Å²) in [6.07, 6.45) is 0. The highest BCUT2D eigenvalue weighted by molar-refractivity contribution is 5.97. The van der Waals surface area contributed by atoms with E-state index in [1.54, 1.807) is 6.92 Å². The molecule has 0 aliphatic carbocycles. The number of carbonyl (C=O) groups is 2. The largest absolute Gasteiger partial charge is 0.490 e. The summed E-state index contributed by atoms with van der Waals surface area (Å²) in [7, 11) is 1.11. The Morgan fingerprint density at radius 1 is 1.30 bits per heavy atom. The SMILES string of the molecule is COC(=O)c1c(F)cccc1OC[C@@H](C)NC(=O)c1[nH]c(=O)[nH]c(=O)c1N. The standard InChI is InChI=1S/C16H17FN4O6/c1-7(19-14(23)12-11(18)13(22)21-16(25)20-12)6-27-9-5-3-4-8(17)10(9)15(24)26-2/h3-5,7H,6,18H2,1-2H3,(H,19,23)(H2,20,21,22,25)/t7-/m1/s1. The van der Waals surface area contributed by atoms with Crippen LogP contribution < -0.4 is 27.0 Å². The summed E-state index contributed by atoms with van der Waals surface area (Å²) in [6.45, 7) is 1.41. The number of nitrogens with two attached hydrogens (primary N) is 1. The fourth-order valence-electron chi connectivity index (χ4n) is 2.15. The molecular formula is C16H17FN4O6. The van der Waals surface area contributed by atoms with Crippen molar-refractivity contribution in [3.8, 4) is 5.75 Å². The molecule has 1 atom stereocenters. The van der Waals surface area contributed by atoms with Crippen molar-refractivity contribution in [2.75, 3.05) is 19.5 Å². The average Bonchev–Trinajstić information content (AvgIpc) is 2.62. The molecule has 1 heterocycles. The van der Waals surface area contributed by atoms with Crippen LogP contribution in [0.25, 0.3) is 0 Å². The van der Waals surface area contributed by atoms with Crippen molar-refractivity contribution in [3.63, 3.8) is 0 Å². The third-order valence-electron chi connectivity index (χ3n) is 3.44. The average molecular weight is 380 g/mol. The lowest BCUT2D eigenvalue weighted by Gasteiger charge is -2.17. The number of methoxy groups -OCH3 is 1. The van der Waals surface area contributed by atoms with E-state index in [1.165, 1.54) is 12.1 Å². The number of nitrogens with one attached hydrogen (secondary N) is 3. The summed E-state index contributed by atoms with van der Waals surface area (Å²) < 4.78 is 23.7. The number of ether oxygens (including phenoxy) is 2. The Morgan fingerprint density at radius 3 is 2.67 bits per heavy atom. The van der Waals surface area contributed by atoms with Gasteiger partial charge >= 0.3 is 11.7 Å². The molecule has 10 nitrogen and oxygen atoms in total. The summed E-state index contributed by atoms with van der Waals surface area (Å²) in [4.78, 5) is 50.6. The Morgan fingerprint density at radius 2 is 2.00 bits per heavy atom. The van der Waals surface area contributed by atoms with E-state index in [0.29, 0.717) is 0 Å². The molecule has 0 saturated carbocycles. The molecule has 0 aliphatic rings. The third-order valence-corrected chi connectivity index (χ3v) is 3.44. The molecule has 0 spiro atoms. The molecule has 2 rings (SSSR count). The summed E-state index contributed by atoms with van der Waals surface area (Å²) in [5, 5.41) is 2.46. The first-order chi connectivity index (χ1) is 12.7. The second-order valence-electron chi connectivity index (χ2n) is 5.49. The van der Waals surface area contributed by atoms with E-state index in [1.807, 2.05) is 4.98 Å². The van der Waals surface area contributed by atoms with Crippen molar-refractivity contribution in [1.82, 2.24) is 15.3 Å². The first kappa shape index (κ1) is 19.7. The van der Waals surface area contributed by atoms with E-state index < -0.39 is 46.4 Å². The van der Waals surface area contributed by atoms with E-state index in [-0.39, 0.29) is 17.9 Å². The maximum atomic E-state index is 13.8. The Balaban J connectivity index is 2.10. The number of halogens is 1. The van der Waals surface area contributed by atoms with Crippen LogP contribution in [-0.2, 0) is 4.74 Å². The van der Waals surface area contributed by atoms with Gasteiger partial charge in [-0.15, -0.1) is 0 Å². The number of esters is 1. The molecule has 0 saturated heterocycles. The van der Waals surface area contributed by atoms with Crippen molar-refractivity contribution in [3.05, 3.63) is 56.1 Å². The lowest BCUT2D eigenvalue weighted by molar-refractivity contribution is 0.0589. The van der Waals surface area contributed by atoms with Crippen LogP contribution in [0.3, 0.4) is 0 Å². The zero-order chi connectivity index (χ0) is 20.1. The first-order valence-electron chi connectivity index (χ1n) is 7.67. The highest BCUT2D eigenvalue weighted by Gasteiger charge is 2.20. The normalized spacial score (nSPS) is 11.5. The predicted octanol–water partition coefficient (Wildman–Crippen LogP) is -0.232. The number of hydrogen-bond acceptors (Lipinski definition) is 7. The van der Waals surface area contributed by atoms with Crippen LogP contribution in [-0.4, -0.2) is 41.6 Å². The Hall–Kier alpha value is -3.63. The smallest absolute Gasteiger partial charge is 0.344 e. The lowest BCUT2D eigenvalue weighted by Crippen LogP contribution is -2.40. The Labute approximate surface area is 151 Å². The van der Waals surface area contributed by atoms with E-state index in [4.69, 9.17) is 10.5 Å². The van der Waals surface area contributed by atoms with Crippen LogP contribution in [0.15, 0.2) is 27.8 Å². The van der Waals surface area contributed by atoms with E-state index in [9.17, 15) is 23.6 Å². The van der Waals surface area contributed by atoms with Gasteiger partial charge in [-0.05, 0) is 19.1 Å². The van der Waals surface area contributed by atoms with Crippen LogP contribution in [0.5, 0.6) is 5.75 Å². The minimum absolute atomic E-state index is 0.0629. The van der Waals surface area contributed by atoms with Crippen LogP contribution in [0.4, 0.5) is 10.1 Å². The van der Waals surface area contributed by atoms with Crippen molar-refractivity contribution >= 4 is 17.6 Å². The summed E-state index contributed by atoms with van der Waals surface area (Å²) in [5.74, 6) is -2.59. The molecule has 27 heavy (non-hydrogen) atoms. The van der Waals surface area contributed by atoms with Crippen LogP contribution >= 0.6 is 0 Å². The molecule has 0 radical (unpaired) electrons. The molecule has 0 aliphatic heterocycles. The number of hydrogen-bond donors (Lipinski definition) is 4. The molecule has 144 valence electrons. The molecule has 5 N–H and O–H groups in total. The number of anilines is 1. The fraction of sp³-hybridized carbons (Fsp3) is 0.250. The van der Waals surface area contributed by atoms with Gasteiger partial charge in [0.1, 0.15) is 35.1 Å². The summed E-state index contributed by atoms with van der Waals surface area (Å²) in [6, 6.07) is 3.16. The molecule has 2 aromatic rings.